The highest BCUT2D eigenvalue weighted by Crippen LogP contribution is 2.15. The summed E-state index contributed by atoms with van der Waals surface area (Å²) < 4.78 is 17.1. The number of ketones is 1. The molecule has 0 aliphatic heterocycles. The molecule has 0 spiro atoms. The molecule has 0 saturated heterocycles. The minimum Gasteiger partial charge on any atom is -0.463 e. The molecule has 0 saturated carbocycles. The van der Waals surface area contributed by atoms with Gasteiger partial charge in [0, 0.05) is 5.56 Å². The molecule has 0 amide bonds. The summed E-state index contributed by atoms with van der Waals surface area (Å²) in [6.45, 7) is 0. The van der Waals surface area contributed by atoms with E-state index in [1.165, 1.54) is 12.1 Å². The molecule has 1 rings (SSSR count). The van der Waals surface area contributed by atoms with Gasteiger partial charge in [-0.05, 0) is 18.2 Å². The molecule has 0 aliphatic carbocycles. The fourth-order valence-electron chi connectivity index (χ4n) is 0.848. The maximum Gasteiger partial charge on any atom is 0.379 e. The van der Waals surface area contributed by atoms with Crippen LogP contribution >= 0.6 is 11.6 Å². The number of ether oxygens (including phenoxy) is 1. The molecule has 1 aromatic rings. The van der Waals surface area contributed by atoms with Crippen molar-refractivity contribution in [2.45, 2.75) is 0 Å². The monoisotopic (exact) mass is 216 g/mol. The van der Waals surface area contributed by atoms with E-state index in [-0.39, 0.29) is 10.6 Å². The highest BCUT2D eigenvalue weighted by atomic mass is 35.5. The SMILES string of the molecule is COC(=O)C(=O)c1ccc(Cl)c(F)c1. The Morgan fingerprint density at radius 2 is 2.07 bits per heavy atom. The predicted octanol–water partition coefficient (Wildman–Crippen LogP) is 1.83. The van der Waals surface area contributed by atoms with Gasteiger partial charge in [-0.3, -0.25) is 4.79 Å². The Morgan fingerprint density at radius 3 is 2.57 bits per heavy atom. The van der Waals surface area contributed by atoms with Crippen molar-refractivity contribution in [2.24, 2.45) is 0 Å². The van der Waals surface area contributed by atoms with Gasteiger partial charge in [-0.2, -0.15) is 0 Å². The van der Waals surface area contributed by atoms with Crippen molar-refractivity contribution in [1.82, 2.24) is 0 Å². The van der Waals surface area contributed by atoms with E-state index in [1.807, 2.05) is 0 Å². The Balaban J connectivity index is 3.03. The van der Waals surface area contributed by atoms with Crippen molar-refractivity contribution < 1.29 is 18.7 Å². The number of benzene rings is 1. The maximum atomic E-state index is 12.9. The molecule has 74 valence electrons. The van der Waals surface area contributed by atoms with Crippen molar-refractivity contribution in [1.29, 1.82) is 0 Å². The third-order valence-electron chi connectivity index (χ3n) is 1.55. The first kappa shape index (κ1) is 10.7. The van der Waals surface area contributed by atoms with Gasteiger partial charge in [0.15, 0.2) is 0 Å². The number of methoxy groups -OCH3 is 1. The molecular formula is C9H6ClFO3. The Morgan fingerprint density at radius 1 is 1.43 bits per heavy atom. The average molecular weight is 217 g/mol. The molecule has 0 radical (unpaired) electrons. The van der Waals surface area contributed by atoms with E-state index in [9.17, 15) is 14.0 Å². The van der Waals surface area contributed by atoms with E-state index >= 15 is 0 Å². The van der Waals surface area contributed by atoms with Gasteiger partial charge in [0.2, 0.25) is 0 Å². The second-order valence-corrected chi connectivity index (χ2v) is 2.86. The van der Waals surface area contributed by atoms with Gasteiger partial charge in [0.05, 0.1) is 12.1 Å². The fourth-order valence-corrected chi connectivity index (χ4v) is 0.965. The molecule has 5 heteroatoms. The van der Waals surface area contributed by atoms with Crippen LogP contribution in [0.15, 0.2) is 18.2 Å². The van der Waals surface area contributed by atoms with Crippen molar-refractivity contribution in [2.75, 3.05) is 7.11 Å². The number of carbonyl (C=O) groups excluding carboxylic acids is 2. The minimum absolute atomic E-state index is 0.0845. The van der Waals surface area contributed by atoms with E-state index in [1.54, 1.807) is 0 Å². The molecule has 0 aromatic heterocycles. The molecular weight excluding hydrogens is 211 g/mol. The van der Waals surface area contributed by atoms with Crippen LogP contribution in [0.5, 0.6) is 0 Å². The second-order valence-electron chi connectivity index (χ2n) is 2.45. The van der Waals surface area contributed by atoms with Crippen LogP contribution in [-0.2, 0) is 9.53 Å². The number of carbonyl (C=O) groups is 2. The van der Waals surface area contributed by atoms with Gasteiger partial charge in [0.25, 0.3) is 5.78 Å². The van der Waals surface area contributed by atoms with Crippen LogP contribution in [-0.4, -0.2) is 18.9 Å². The highest BCUT2D eigenvalue weighted by Gasteiger charge is 2.17. The van der Waals surface area contributed by atoms with Crippen LogP contribution in [0.3, 0.4) is 0 Å². The Kier molecular flexibility index (Phi) is 3.19. The molecule has 0 atom stereocenters. The standard InChI is InChI=1S/C9H6ClFO3/c1-14-9(13)8(12)5-2-3-6(10)7(11)4-5/h2-4H,1H3. The molecule has 0 aliphatic rings. The van der Waals surface area contributed by atoms with Gasteiger partial charge in [-0.15, -0.1) is 0 Å². The lowest BCUT2D eigenvalue weighted by atomic mass is 10.1. The Labute approximate surface area is 84.4 Å². The molecule has 1 aromatic carbocycles. The number of esters is 1. The Hall–Kier alpha value is -1.42. The van der Waals surface area contributed by atoms with Crippen LogP contribution in [0.2, 0.25) is 5.02 Å². The van der Waals surface area contributed by atoms with Crippen LogP contribution in [0.25, 0.3) is 0 Å². The van der Waals surface area contributed by atoms with Gasteiger partial charge >= 0.3 is 5.97 Å². The lowest BCUT2D eigenvalue weighted by Crippen LogP contribution is -2.15. The van der Waals surface area contributed by atoms with Crippen LogP contribution in [0.4, 0.5) is 4.39 Å². The van der Waals surface area contributed by atoms with Crippen molar-refractivity contribution in [3.63, 3.8) is 0 Å². The summed E-state index contributed by atoms with van der Waals surface area (Å²) in [6, 6.07) is 3.35. The maximum absolute atomic E-state index is 12.9. The normalized spacial score (nSPS) is 9.64. The fraction of sp³-hybridized carbons (Fsp3) is 0.111. The quantitative estimate of drug-likeness (QED) is 0.430. The summed E-state index contributed by atoms with van der Waals surface area (Å²) in [7, 11) is 1.08. The first-order chi connectivity index (χ1) is 6.56. The van der Waals surface area contributed by atoms with E-state index < -0.39 is 17.6 Å². The minimum atomic E-state index is -1.04. The highest BCUT2D eigenvalue weighted by molar-refractivity contribution is 6.40. The van der Waals surface area contributed by atoms with Gasteiger partial charge < -0.3 is 4.74 Å². The molecule has 0 unspecified atom stereocenters. The van der Waals surface area contributed by atoms with E-state index in [2.05, 4.69) is 4.74 Å². The smallest absolute Gasteiger partial charge is 0.379 e. The summed E-state index contributed by atoms with van der Waals surface area (Å²) >= 11 is 5.40. The van der Waals surface area contributed by atoms with Crippen LogP contribution < -0.4 is 0 Å². The summed E-state index contributed by atoms with van der Waals surface area (Å²) in [5, 5.41) is -0.105. The summed E-state index contributed by atoms with van der Waals surface area (Å²) in [6.07, 6.45) is 0. The summed E-state index contributed by atoms with van der Waals surface area (Å²) in [5.41, 5.74) is -0.0845. The number of Topliss-reactive ketones (excluding diaryl/α,β-unsaturated/α-hetero) is 1. The Bertz CT molecular complexity index is 390. The molecule has 0 heterocycles. The summed E-state index contributed by atoms with van der Waals surface area (Å²) in [4.78, 5) is 21.9. The van der Waals surface area contributed by atoms with E-state index in [0.717, 1.165) is 13.2 Å². The molecule has 0 N–H and O–H groups in total. The first-order valence-electron chi connectivity index (χ1n) is 3.64. The van der Waals surface area contributed by atoms with Crippen molar-refractivity contribution >= 4 is 23.4 Å². The zero-order chi connectivity index (χ0) is 10.7. The molecule has 3 nitrogen and oxygen atoms in total. The molecule has 14 heavy (non-hydrogen) atoms. The van der Waals surface area contributed by atoms with Gasteiger partial charge in [0.1, 0.15) is 5.82 Å². The lowest BCUT2D eigenvalue weighted by Gasteiger charge is -1.99. The van der Waals surface area contributed by atoms with E-state index in [4.69, 9.17) is 11.6 Å². The lowest BCUT2D eigenvalue weighted by molar-refractivity contribution is -0.135. The van der Waals surface area contributed by atoms with Gasteiger partial charge in [-0.25, -0.2) is 9.18 Å². The first-order valence-corrected chi connectivity index (χ1v) is 4.01. The zero-order valence-corrected chi connectivity index (χ0v) is 7.97. The number of hydrogen-bond donors (Lipinski definition) is 0. The number of hydrogen-bond acceptors (Lipinski definition) is 3. The number of rotatable bonds is 2. The molecule has 0 fully saturated rings. The second kappa shape index (κ2) is 4.19. The van der Waals surface area contributed by atoms with Crippen LogP contribution in [0.1, 0.15) is 10.4 Å². The third kappa shape index (κ3) is 2.09. The van der Waals surface area contributed by atoms with Gasteiger partial charge in [-0.1, -0.05) is 11.6 Å². The summed E-state index contributed by atoms with van der Waals surface area (Å²) in [5.74, 6) is -2.68. The zero-order valence-electron chi connectivity index (χ0n) is 7.21. The number of halogens is 2. The topological polar surface area (TPSA) is 43.4 Å². The third-order valence-corrected chi connectivity index (χ3v) is 1.86. The molecule has 0 bridgehead atoms. The average Bonchev–Trinajstić information content (AvgIpc) is 2.20. The predicted molar refractivity (Wildman–Crippen MR) is 47.8 cm³/mol. The van der Waals surface area contributed by atoms with Crippen molar-refractivity contribution in [3.8, 4) is 0 Å². The largest absolute Gasteiger partial charge is 0.463 e. The van der Waals surface area contributed by atoms with Crippen molar-refractivity contribution in [3.05, 3.63) is 34.6 Å². The van der Waals surface area contributed by atoms with E-state index in [0.29, 0.717) is 0 Å². The van der Waals surface area contributed by atoms with Crippen LogP contribution in [0, 0.1) is 5.82 Å².